The third-order valence-electron chi connectivity index (χ3n) is 3.78. The van der Waals surface area contributed by atoms with E-state index in [1.165, 1.54) is 18.7 Å². The molecule has 0 saturated carbocycles. The number of likely N-dealkylation sites (tertiary alicyclic amines) is 1. The SMILES string of the molecule is CC(C)(C)OC(=O)N1CC(CNC(=O)C(F)(F)F)(C(C)(C)O)C1. The highest BCUT2D eigenvalue weighted by Crippen LogP contribution is 2.41. The summed E-state index contributed by atoms with van der Waals surface area (Å²) in [5, 5.41) is 12.0. The molecule has 0 radical (unpaired) electrons. The molecule has 1 aliphatic rings. The number of carbonyl (C=O) groups excluding carboxylic acids is 2. The number of carbonyl (C=O) groups is 2. The van der Waals surface area contributed by atoms with E-state index in [-0.39, 0.29) is 13.1 Å². The maximum absolute atomic E-state index is 12.3. The lowest BCUT2D eigenvalue weighted by atomic mass is 9.67. The summed E-state index contributed by atoms with van der Waals surface area (Å²) in [6.07, 6.45) is -5.60. The smallest absolute Gasteiger partial charge is 0.444 e. The third-order valence-corrected chi connectivity index (χ3v) is 3.78. The van der Waals surface area contributed by atoms with Crippen LogP contribution in [-0.2, 0) is 9.53 Å². The standard InChI is InChI=1S/C14H23F3N2O4/c1-11(2,3)23-10(21)19-7-13(8-19,12(4,5)22)6-18-9(20)14(15,16)17/h22H,6-8H2,1-5H3,(H,18,20). The van der Waals surface area contributed by atoms with Crippen molar-refractivity contribution >= 4 is 12.0 Å². The Kier molecular flexibility index (Phi) is 4.97. The van der Waals surface area contributed by atoms with Crippen LogP contribution in [-0.4, -0.2) is 59.0 Å². The van der Waals surface area contributed by atoms with Crippen LogP contribution in [0.3, 0.4) is 0 Å². The molecule has 23 heavy (non-hydrogen) atoms. The van der Waals surface area contributed by atoms with Gasteiger partial charge in [-0.2, -0.15) is 13.2 Å². The highest BCUT2D eigenvalue weighted by molar-refractivity contribution is 5.81. The molecule has 0 aromatic heterocycles. The van der Waals surface area contributed by atoms with Gasteiger partial charge in [0.05, 0.1) is 11.0 Å². The van der Waals surface area contributed by atoms with E-state index in [2.05, 4.69) is 0 Å². The molecule has 0 spiro atoms. The molecule has 0 bridgehead atoms. The molecule has 1 aliphatic heterocycles. The van der Waals surface area contributed by atoms with Gasteiger partial charge in [0, 0.05) is 19.6 Å². The van der Waals surface area contributed by atoms with Crippen molar-refractivity contribution in [3.05, 3.63) is 0 Å². The van der Waals surface area contributed by atoms with Crippen LogP contribution in [0.1, 0.15) is 34.6 Å². The van der Waals surface area contributed by atoms with Crippen molar-refractivity contribution in [2.24, 2.45) is 5.41 Å². The number of nitrogens with one attached hydrogen (secondary N) is 1. The number of hydrogen-bond acceptors (Lipinski definition) is 4. The van der Waals surface area contributed by atoms with Gasteiger partial charge in [0.2, 0.25) is 0 Å². The molecule has 2 amide bonds. The zero-order valence-corrected chi connectivity index (χ0v) is 13.9. The Bertz CT molecular complexity index is 472. The number of aliphatic hydroxyl groups is 1. The highest BCUT2D eigenvalue weighted by atomic mass is 19.4. The number of amides is 2. The van der Waals surface area contributed by atoms with Crippen LogP contribution in [0.25, 0.3) is 0 Å². The molecule has 1 rings (SSSR count). The molecule has 1 saturated heterocycles. The second kappa shape index (κ2) is 5.85. The van der Waals surface area contributed by atoms with Crippen LogP contribution in [0.4, 0.5) is 18.0 Å². The number of ether oxygens (including phenoxy) is 1. The molecule has 1 fully saturated rings. The second-order valence-corrected chi connectivity index (χ2v) is 7.36. The molecule has 0 unspecified atom stereocenters. The molecule has 134 valence electrons. The molecular formula is C14H23F3N2O4. The van der Waals surface area contributed by atoms with Gasteiger partial charge in [0.15, 0.2) is 0 Å². The Morgan fingerprint density at radius 1 is 1.17 bits per heavy atom. The first-order chi connectivity index (χ1) is 10.1. The van der Waals surface area contributed by atoms with Gasteiger partial charge in [-0.15, -0.1) is 0 Å². The van der Waals surface area contributed by atoms with Crippen molar-refractivity contribution in [3.63, 3.8) is 0 Å². The van der Waals surface area contributed by atoms with Crippen molar-refractivity contribution in [3.8, 4) is 0 Å². The molecule has 0 atom stereocenters. The van der Waals surface area contributed by atoms with Crippen molar-refractivity contribution < 1.29 is 32.6 Å². The van der Waals surface area contributed by atoms with E-state index < -0.39 is 41.3 Å². The van der Waals surface area contributed by atoms with Crippen LogP contribution in [0.15, 0.2) is 0 Å². The average Bonchev–Trinajstić information content (AvgIpc) is 2.20. The minimum absolute atomic E-state index is 0.0104. The summed E-state index contributed by atoms with van der Waals surface area (Å²) in [7, 11) is 0. The number of alkyl halides is 3. The fraction of sp³-hybridized carbons (Fsp3) is 0.857. The zero-order valence-electron chi connectivity index (χ0n) is 13.9. The monoisotopic (exact) mass is 340 g/mol. The van der Waals surface area contributed by atoms with Crippen LogP contribution < -0.4 is 5.32 Å². The van der Waals surface area contributed by atoms with Crippen molar-refractivity contribution in [2.45, 2.75) is 52.0 Å². The van der Waals surface area contributed by atoms with Gasteiger partial charge in [-0.25, -0.2) is 4.79 Å². The van der Waals surface area contributed by atoms with Crippen molar-refractivity contribution in [2.75, 3.05) is 19.6 Å². The van der Waals surface area contributed by atoms with E-state index in [9.17, 15) is 27.9 Å². The maximum atomic E-state index is 12.3. The summed E-state index contributed by atoms with van der Waals surface area (Å²) in [6, 6.07) is 0. The summed E-state index contributed by atoms with van der Waals surface area (Å²) >= 11 is 0. The number of halogens is 3. The minimum Gasteiger partial charge on any atom is -0.444 e. The highest BCUT2D eigenvalue weighted by Gasteiger charge is 2.56. The fourth-order valence-corrected chi connectivity index (χ4v) is 2.20. The normalized spacial score (nSPS) is 18.2. The Balaban J connectivity index is 2.72. The van der Waals surface area contributed by atoms with Gasteiger partial charge in [-0.1, -0.05) is 0 Å². The number of rotatable bonds is 3. The van der Waals surface area contributed by atoms with Crippen molar-refractivity contribution in [1.29, 1.82) is 0 Å². The fourth-order valence-electron chi connectivity index (χ4n) is 2.20. The second-order valence-electron chi connectivity index (χ2n) is 7.36. The topological polar surface area (TPSA) is 78.9 Å². The summed E-state index contributed by atoms with van der Waals surface area (Å²) in [4.78, 5) is 24.1. The van der Waals surface area contributed by atoms with Gasteiger partial charge in [-0.3, -0.25) is 4.79 Å². The first-order valence-electron chi connectivity index (χ1n) is 7.13. The summed E-state index contributed by atoms with van der Waals surface area (Å²) in [6.45, 7) is 7.52. The van der Waals surface area contributed by atoms with E-state index >= 15 is 0 Å². The molecule has 9 heteroatoms. The van der Waals surface area contributed by atoms with Crippen LogP contribution >= 0.6 is 0 Å². The molecule has 2 N–H and O–H groups in total. The Labute approximate surface area is 133 Å². The van der Waals surface area contributed by atoms with Crippen LogP contribution in [0.5, 0.6) is 0 Å². The lowest BCUT2D eigenvalue weighted by molar-refractivity contribution is -0.178. The van der Waals surface area contributed by atoms with Gasteiger partial charge in [0.25, 0.3) is 0 Å². The summed E-state index contributed by atoms with van der Waals surface area (Å²) in [5.74, 6) is -2.07. The summed E-state index contributed by atoms with van der Waals surface area (Å²) in [5.41, 5.74) is -3.15. The molecule has 1 heterocycles. The van der Waals surface area contributed by atoms with E-state index in [4.69, 9.17) is 4.74 Å². The molecule has 0 aromatic carbocycles. The Morgan fingerprint density at radius 3 is 2.00 bits per heavy atom. The van der Waals surface area contributed by atoms with Crippen LogP contribution in [0.2, 0.25) is 0 Å². The van der Waals surface area contributed by atoms with Crippen LogP contribution in [0, 0.1) is 5.41 Å². The average molecular weight is 340 g/mol. The van der Waals surface area contributed by atoms with Crippen molar-refractivity contribution in [1.82, 2.24) is 10.2 Å². The van der Waals surface area contributed by atoms with E-state index in [0.717, 1.165) is 0 Å². The van der Waals surface area contributed by atoms with Gasteiger partial charge in [-0.05, 0) is 34.6 Å². The Morgan fingerprint density at radius 2 is 1.65 bits per heavy atom. The lowest BCUT2D eigenvalue weighted by Crippen LogP contribution is -2.71. The minimum atomic E-state index is -4.99. The quantitative estimate of drug-likeness (QED) is 0.819. The lowest BCUT2D eigenvalue weighted by Gasteiger charge is -2.55. The summed E-state index contributed by atoms with van der Waals surface area (Å²) < 4.78 is 42.0. The van der Waals surface area contributed by atoms with Gasteiger partial charge >= 0.3 is 18.2 Å². The first-order valence-corrected chi connectivity index (χ1v) is 7.13. The predicted molar refractivity (Wildman–Crippen MR) is 75.6 cm³/mol. The van der Waals surface area contributed by atoms with Gasteiger partial charge in [0.1, 0.15) is 5.60 Å². The third kappa shape index (κ3) is 4.73. The van der Waals surface area contributed by atoms with E-state index in [0.29, 0.717) is 0 Å². The molecule has 0 aliphatic carbocycles. The largest absolute Gasteiger partial charge is 0.471 e. The zero-order chi connectivity index (χ0) is 18.3. The van der Waals surface area contributed by atoms with Gasteiger partial charge < -0.3 is 20.1 Å². The molecule has 6 nitrogen and oxygen atoms in total. The Hall–Kier alpha value is -1.51. The molecule has 0 aromatic rings. The molecular weight excluding hydrogens is 317 g/mol. The van der Waals surface area contributed by atoms with E-state index in [1.54, 1.807) is 26.1 Å². The predicted octanol–water partition coefficient (Wildman–Crippen LogP) is 1.67. The number of nitrogens with zero attached hydrogens (tertiary/aromatic N) is 1. The number of hydrogen-bond donors (Lipinski definition) is 2. The first kappa shape index (κ1) is 19.5. The maximum Gasteiger partial charge on any atom is 0.471 e. The van der Waals surface area contributed by atoms with E-state index in [1.807, 2.05) is 0 Å².